The molecule has 0 radical (unpaired) electrons. The summed E-state index contributed by atoms with van der Waals surface area (Å²) in [4.78, 5) is 19.6. The molecule has 35 heavy (non-hydrogen) atoms. The lowest BCUT2D eigenvalue weighted by Gasteiger charge is -2.16. The molecule has 0 bridgehead atoms. The summed E-state index contributed by atoms with van der Waals surface area (Å²) in [5, 5.41) is 18.8. The van der Waals surface area contributed by atoms with Crippen molar-refractivity contribution in [3.8, 4) is 22.5 Å². The maximum absolute atomic E-state index is 15.4. The van der Waals surface area contributed by atoms with Crippen LogP contribution in [0.3, 0.4) is 0 Å². The van der Waals surface area contributed by atoms with Gasteiger partial charge >= 0.3 is 6.09 Å². The van der Waals surface area contributed by atoms with Gasteiger partial charge in [-0.15, -0.1) is 0 Å². The topological polar surface area (TPSA) is 151 Å². The van der Waals surface area contributed by atoms with Crippen LogP contribution in [0, 0.1) is 5.82 Å². The zero-order chi connectivity index (χ0) is 25.9. The number of carboxylic acid groups (broad SMARTS) is 1. The summed E-state index contributed by atoms with van der Waals surface area (Å²) >= 11 is 6.18. The first-order valence-electron chi connectivity index (χ1n) is 10.5. The van der Waals surface area contributed by atoms with Gasteiger partial charge in [-0.25, -0.2) is 27.6 Å². The molecular formula is C21H25ClFN7O4S. The number of carbonyl (C=O) groups is 1. The van der Waals surface area contributed by atoms with E-state index in [1.54, 1.807) is 23.9 Å². The summed E-state index contributed by atoms with van der Waals surface area (Å²) in [6.45, 7) is 5.57. The highest BCUT2D eigenvalue weighted by molar-refractivity contribution is 7.92. The number of amides is 1. The Hall–Kier alpha value is -3.45. The van der Waals surface area contributed by atoms with E-state index >= 15 is 4.39 Å². The lowest BCUT2D eigenvalue weighted by molar-refractivity contribution is 0.191. The van der Waals surface area contributed by atoms with E-state index < -0.39 is 28.1 Å². The van der Waals surface area contributed by atoms with Gasteiger partial charge in [-0.05, 0) is 38.5 Å². The molecule has 1 amide bonds. The van der Waals surface area contributed by atoms with Crippen molar-refractivity contribution in [2.75, 3.05) is 16.3 Å². The summed E-state index contributed by atoms with van der Waals surface area (Å²) in [5.74, 6) is -0.698. The van der Waals surface area contributed by atoms with Crippen LogP contribution in [0.1, 0.15) is 33.2 Å². The number of nitrogens with zero attached hydrogens (tertiary/aromatic N) is 4. The molecule has 3 rings (SSSR count). The maximum atomic E-state index is 15.4. The first-order valence-corrected chi connectivity index (χ1v) is 12.8. The highest BCUT2D eigenvalue weighted by atomic mass is 35.5. The molecule has 0 spiro atoms. The van der Waals surface area contributed by atoms with Crippen molar-refractivity contribution in [2.24, 2.45) is 0 Å². The molecule has 0 saturated carbocycles. The third-order valence-corrected chi connectivity index (χ3v) is 5.60. The predicted octanol–water partition coefficient (Wildman–Crippen LogP) is 4.17. The number of hydrogen-bond donors (Lipinski definition) is 4. The van der Waals surface area contributed by atoms with E-state index in [9.17, 15) is 13.2 Å². The first kappa shape index (κ1) is 26.2. The van der Waals surface area contributed by atoms with Gasteiger partial charge in [0.2, 0.25) is 16.0 Å². The van der Waals surface area contributed by atoms with Crippen molar-refractivity contribution in [3.05, 3.63) is 41.4 Å². The van der Waals surface area contributed by atoms with Crippen molar-refractivity contribution in [1.82, 2.24) is 25.1 Å². The number of hydrogen-bond acceptors (Lipinski definition) is 7. The maximum Gasteiger partial charge on any atom is 0.406 e. The number of anilines is 2. The Bertz CT molecular complexity index is 1350. The molecule has 0 aliphatic heterocycles. The van der Waals surface area contributed by atoms with Crippen LogP contribution >= 0.6 is 11.6 Å². The van der Waals surface area contributed by atoms with Crippen LogP contribution in [0.4, 0.5) is 20.8 Å². The zero-order valence-electron chi connectivity index (χ0n) is 19.4. The van der Waals surface area contributed by atoms with Gasteiger partial charge in [-0.1, -0.05) is 18.5 Å². The molecule has 1 atom stereocenters. The van der Waals surface area contributed by atoms with E-state index in [-0.39, 0.29) is 34.0 Å². The summed E-state index contributed by atoms with van der Waals surface area (Å²) in [5.41, 5.74) is 0.679. The highest BCUT2D eigenvalue weighted by Crippen LogP contribution is 2.37. The SMILES string of the molecule is CCC(NC(=O)O)Nc1nccc(-c2cn(C(C)C)nc2-c2cc(Cl)cc(NS(C)(=O)=O)c2F)n1. The van der Waals surface area contributed by atoms with E-state index in [0.29, 0.717) is 17.7 Å². The van der Waals surface area contributed by atoms with Gasteiger partial charge in [0.1, 0.15) is 11.9 Å². The van der Waals surface area contributed by atoms with Gasteiger partial charge in [0.25, 0.3) is 0 Å². The Kier molecular flexibility index (Phi) is 7.80. The van der Waals surface area contributed by atoms with E-state index in [4.69, 9.17) is 16.7 Å². The summed E-state index contributed by atoms with van der Waals surface area (Å²) in [6, 6.07) is 4.04. The van der Waals surface area contributed by atoms with Crippen LogP contribution in [0.15, 0.2) is 30.6 Å². The molecule has 0 aliphatic carbocycles. The minimum Gasteiger partial charge on any atom is -0.465 e. The van der Waals surface area contributed by atoms with Crippen molar-refractivity contribution in [1.29, 1.82) is 0 Å². The lowest BCUT2D eigenvalue weighted by atomic mass is 10.0. The fraction of sp³-hybridized carbons (Fsp3) is 0.333. The van der Waals surface area contributed by atoms with Gasteiger partial charge in [-0.2, -0.15) is 5.10 Å². The molecule has 11 nitrogen and oxygen atoms in total. The van der Waals surface area contributed by atoms with Crippen LogP contribution in [0.5, 0.6) is 0 Å². The van der Waals surface area contributed by atoms with Crippen LogP contribution < -0.4 is 15.4 Å². The first-order chi connectivity index (χ1) is 16.4. The Balaban J connectivity index is 2.13. The molecule has 4 N–H and O–H groups in total. The fourth-order valence-electron chi connectivity index (χ4n) is 3.20. The molecular weight excluding hydrogens is 501 g/mol. The molecule has 1 aromatic carbocycles. The summed E-state index contributed by atoms with van der Waals surface area (Å²) < 4.78 is 42.6. The van der Waals surface area contributed by atoms with Crippen LogP contribution in [-0.2, 0) is 10.0 Å². The number of halogens is 2. The third kappa shape index (κ3) is 6.57. The second-order valence-corrected chi connectivity index (χ2v) is 10.2. The van der Waals surface area contributed by atoms with E-state index in [2.05, 4.69) is 30.4 Å². The van der Waals surface area contributed by atoms with Crippen molar-refractivity contribution in [2.45, 2.75) is 39.4 Å². The molecule has 3 aromatic rings. The van der Waals surface area contributed by atoms with Crippen molar-refractivity contribution < 1.29 is 22.7 Å². The number of rotatable bonds is 9. The zero-order valence-corrected chi connectivity index (χ0v) is 20.9. The van der Waals surface area contributed by atoms with Crippen molar-refractivity contribution in [3.63, 3.8) is 0 Å². The Labute approximate surface area is 206 Å². The molecule has 14 heteroatoms. The molecule has 188 valence electrons. The fourth-order valence-corrected chi connectivity index (χ4v) is 3.97. The minimum atomic E-state index is -3.77. The van der Waals surface area contributed by atoms with E-state index in [0.717, 1.165) is 6.26 Å². The molecule has 0 fully saturated rings. The Morgan fingerprint density at radius 2 is 2.00 bits per heavy atom. The van der Waals surface area contributed by atoms with Gasteiger partial charge in [0, 0.05) is 34.6 Å². The molecule has 0 aliphatic rings. The molecule has 2 aromatic heterocycles. The normalized spacial score (nSPS) is 12.4. The Morgan fingerprint density at radius 3 is 2.60 bits per heavy atom. The number of sulfonamides is 1. The van der Waals surface area contributed by atoms with Gasteiger partial charge in [0.15, 0.2) is 5.82 Å². The second-order valence-electron chi connectivity index (χ2n) is 7.97. The monoisotopic (exact) mass is 525 g/mol. The minimum absolute atomic E-state index is 0.0230. The number of nitrogens with one attached hydrogen (secondary N) is 3. The molecule has 0 saturated heterocycles. The van der Waals surface area contributed by atoms with Crippen LogP contribution in [-0.4, -0.2) is 51.8 Å². The molecule has 1 unspecified atom stereocenters. The number of aromatic nitrogens is 4. The standard InChI is InChI=1S/C21H25ClFN7O4S/c1-5-17(27-21(31)32)26-20-24-7-6-15(25-20)14-10-30(11(2)3)28-19(14)13-8-12(22)9-16(18(13)23)29-35(4,33)34/h6-11,17,27,29H,5H2,1-4H3,(H,31,32)(H,24,25,26). The largest absolute Gasteiger partial charge is 0.465 e. The lowest BCUT2D eigenvalue weighted by Crippen LogP contribution is -2.39. The van der Waals surface area contributed by atoms with Crippen LogP contribution in [0.2, 0.25) is 5.02 Å². The predicted molar refractivity (Wildman–Crippen MR) is 131 cm³/mol. The van der Waals surface area contributed by atoms with Gasteiger partial charge in [-0.3, -0.25) is 9.40 Å². The quantitative estimate of drug-likeness (QED) is 0.304. The summed E-state index contributed by atoms with van der Waals surface area (Å²) in [7, 11) is -3.77. The summed E-state index contributed by atoms with van der Waals surface area (Å²) in [6.07, 6.45) is 2.67. The van der Waals surface area contributed by atoms with Crippen molar-refractivity contribution >= 4 is 39.4 Å². The Morgan fingerprint density at radius 1 is 1.29 bits per heavy atom. The average molecular weight is 526 g/mol. The smallest absolute Gasteiger partial charge is 0.406 e. The van der Waals surface area contributed by atoms with Crippen LogP contribution in [0.25, 0.3) is 22.5 Å². The molecule has 2 heterocycles. The van der Waals surface area contributed by atoms with E-state index in [1.165, 1.54) is 18.3 Å². The second kappa shape index (κ2) is 10.4. The van der Waals surface area contributed by atoms with Gasteiger partial charge < -0.3 is 15.7 Å². The third-order valence-electron chi connectivity index (χ3n) is 4.79. The van der Waals surface area contributed by atoms with Gasteiger partial charge in [0.05, 0.1) is 17.6 Å². The number of benzene rings is 1. The highest BCUT2D eigenvalue weighted by Gasteiger charge is 2.23. The average Bonchev–Trinajstić information content (AvgIpc) is 3.20. The van der Waals surface area contributed by atoms with E-state index in [1.807, 2.05) is 13.8 Å².